The monoisotopic (exact) mass is 513 g/mol. The van der Waals surface area contributed by atoms with Gasteiger partial charge in [-0.25, -0.2) is 9.97 Å². The summed E-state index contributed by atoms with van der Waals surface area (Å²) in [7, 11) is 1.78. The molecule has 1 N–H and O–H groups in total. The van der Waals surface area contributed by atoms with Gasteiger partial charge in [0.05, 0.1) is 11.1 Å². The normalized spacial score (nSPS) is 14.2. The van der Waals surface area contributed by atoms with Gasteiger partial charge in [-0.3, -0.25) is 9.59 Å². The summed E-state index contributed by atoms with van der Waals surface area (Å²) in [6.45, 7) is 6.41. The van der Waals surface area contributed by atoms with Crippen molar-refractivity contribution < 1.29 is 14.3 Å². The van der Waals surface area contributed by atoms with Gasteiger partial charge in [0.25, 0.3) is 5.91 Å². The fourth-order valence-corrected chi connectivity index (χ4v) is 4.97. The highest BCUT2D eigenvalue weighted by Gasteiger charge is 2.44. The van der Waals surface area contributed by atoms with E-state index in [1.54, 1.807) is 11.9 Å². The number of fused-ring (bicyclic) bond motifs is 2. The molecule has 188 valence electrons. The standard InChI is InChI=1S/C28H27N5O3S/c1-5-33(4)25(34)18-12-10-17(11-13-18)21-15-14-20-23(19-8-6-7-9-22(19)36-24(20)31-21)28(2,3)26(35)32-27-29-16-30-37-27/h6-16,23H,5H2,1-4H3,(H,29,30,32,35)/t23-/m0/s1. The third-order valence-electron chi connectivity index (χ3n) is 6.77. The molecule has 8 nitrogen and oxygen atoms in total. The number of ether oxygens (including phenoxy) is 1. The second kappa shape index (κ2) is 9.74. The minimum Gasteiger partial charge on any atom is -0.438 e. The van der Waals surface area contributed by atoms with Crippen LogP contribution >= 0.6 is 11.5 Å². The van der Waals surface area contributed by atoms with Crippen molar-refractivity contribution in [2.75, 3.05) is 18.9 Å². The van der Waals surface area contributed by atoms with Crippen LogP contribution in [0, 0.1) is 5.41 Å². The zero-order valence-electron chi connectivity index (χ0n) is 21.1. The zero-order valence-corrected chi connectivity index (χ0v) is 21.9. The zero-order chi connectivity index (χ0) is 26.2. The lowest BCUT2D eigenvalue weighted by Crippen LogP contribution is -2.38. The summed E-state index contributed by atoms with van der Waals surface area (Å²) in [6.07, 6.45) is 1.42. The van der Waals surface area contributed by atoms with Gasteiger partial charge in [0.15, 0.2) is 0 Å². The van der Waals surface area contributed by atoms with E-state index in [0.717, 1.165) is 33.9 Å². The van der Waals surface area contributed by atoms with Crippen molar-refractivity contribution in [2.24, 2.45) is 5.41 Å². The fourth-order valence-electron chi connectivity index (χ4n) is 4.54. The molecule has 0 radical (unpaired) electrons. The fraction of sp³-hybridized carbons (Fsp3) is 0.250. The van der Waals surface area contributed by atoms with Gasteiger partial charge in [0, 0.05) is 53.3 Å². The van der Waals surface area contributed by atoms with Gasteiger partial charge in [0.1, 0.15) is 12.1 Å². The molecular weight excluding hydrogens is 486 g/mol. The smallest absolute Gasteiger partial charge is 0.253 e. The summed E-state index contributed by atoms with van der Waals surface area (Å²) in [6, 6.07) is 19.0. The maximum absolute atomic E-state index is 13.4. The molecule has 0 unspecified atom stereocenters. The van der Waals surface area contributed by atoms with E-state index >= 15 is 0 Å². The molecule has 0 bridgehead atoms. The molecule has 4 aromatic rings. The Morgan fingerprint density at radius 2 is 1.81 bits per heavy atom. The number of hydrogen-bond acceptors (Lipinski definition) is 7. The Hall–Kier alpha value is -4.11. The molecule has 0 aliphatic carbocycles. The van der Waals surface area contributed by atoms with Crippen LogP contribution in [0.15, 0.2) is 67.0 Å². The highest BCUT2D eigenvalue weighted by Crippen LogP contribution is 2.52. The number of hydrogen-bond donors (Lipinski definition) is 1. The van der Waals surface area contributed by atoms with Gasteiger partial charge >= 0.3 is 0 Å². The Balaban J connectivity index is 1.51. The lowest BCUT2D eigenvalue weighted by Gasteiger charge is -2.37. The average molecular weight is 514 g/mol. The lowest BCUT2D eigenvalue weighted by atomic mass is 9.69. The number of para-hydroxylation sites is 1. The summed E-state index contributed by atoms with van der Waals surface area (Å²) < 4.78 is 10.2. The summed E-state index contributed by atoms with van der Waals surface area (Å²) in [5.41, 5.74) is 3.11. The number of aromatic nitrogens is 3. The van der Waals surface area contributed by atoms with E-state index < -0.39 is 5.41 Å². The molecule has 0 saturated carbocycles. The van der Waals surface area contributed by atoms with Crippen molar-refractivity contribution in [2.45, 2.75) is 26.7 Å². The second-order valence-corrected chi connectivity index (χ2v) is 10.3. The molecule has 1 aliphatic rings. The Labute approximate surface area is 219 Å². The van der Waals surface area contributed by atoms with E-state index in [2.05, 4.69) is 14.7 Å². The number of amides is 2. The van der Waals surface area contributed by atoms with Crippen LogP contribution in [0.25, 0.3) is 11.3 Å². The SMILES string of the molecule is CCN(C)C(=O)c1ccc(-c2ccc3c(n2)Oc2ccccc2[C@@H]3C(C)(C)C(=O)Nc2ncns2)cc1. The van der Waals surface area contributed by atoms with E-state index in [4.69, 9.17) is 9.72 Å². The number of nitrogens with one attached hydrogen (secondary N) is 1. The van der Waals surface area contributed by atoms with Crippen LogP contribution in [-0.4, -0.2) is 44.6 Å². The van der Waals surface area contributed by atoms with E-state index in [1.807, 2.05) is 81.4 Å². The van der Waals surface area contributed by atoms with E-state index in [-0.39, 0.29) is 17.7 Å². The number of nitrogens with zero attached hydrogens (tertiary/aromatic N) is 4. The minimum atomic E-state index is -0.850. The number of rotatable bonds is 6. The third-order valence-corrected chi connectivity index (χ3v) is 7.35. The van der Waals surface area contributed by atoms with Crippen molar-refractivity contribution in [3.05, 3.63) is 83.7 Å². The largest absolute Gasteiger partial charge is 0.438 e. The van der Waals surface area contributed by atoms with Crippen molar-refractivity contribution in [3.8, 4) is 22.9 Å². The molecule has 0 fully saturated rings. The van der Waals surface area contributed by atoms with Crippen LogP contribution in [0.3, 0.4) is 0 Å². The van der Waals surface area contributed by atoms with Gasteiger partial charge in [-0.15, -0.1) is 0 Å². The average Bonchev–Trinajstić information content (AvgIpc) is 3.43. The number of anilines is 1. The van der Waals surface area contributed by atoms with Gasteiger partial charge < -0.3 is 15.0 Å². The molecule has 0 spiro atoms. The molecule has 37 heavy (non-hydrogen) atoms. The van der Waals surface area contributed by atoms with Crippen molar-refractivity contribution in [1.82, 2.24) is 19.2 Å². The molecule has 2 aromatic heterocycles. The number of carbonyl (C=O) groups excluding carboxylic acids is 2. The van der Waals surface area contributed by atoms with E-state index in [0.29, 0.717) is 28.9 Å². The Morgan fingerprint density at radius 3 is 2.51 bits per heavy atom. The maximum atomic E-state index is 13.4. The van der Waals surface area contributed by atoms with Crippen LogP contribution in [0.5, 0.6) is 11.6 Å². The van der Waals surface area contributed by atoms with Crippen LogP contribution in [0.1, 0.15) is 48.2 Å². The first-order valence-corrected chi connectivity index (χ1v) is 12.8. The number of carbonyl (C=O) groups is 2. The third kappa shape index (κ3) is 4.58. The Kier molecular flexibility index (Phi) is 6.47. The minimum absolute atomic E-state index is 0.0238. The molecule has 1 atom stereocenters. The molecule has 1 aliphatic heterocycles. The van der Waals surface area contributed by atoms with Crippen molar-refractivity contribution >= 4 is 28.5 Å². The molecule has 5 rings (SSSR count). The molecular formula is C28H27N5O3S. The Morgan fingerprint density at radius 1 is 1.05 bits per heavy atom. The van der Waals surface area contributed by atoms with Crippen LogP contribution < -0.4 is 10.1 Å². The summed E-state index contributed by atoms with van der Waals surface area (Å²) in [5.74, 6) is 0.642. The predicted octanol–water partition coefficient (Wildman–Crippen LogP) is 5.59. The number of pyridine rings is 1. The first-order chi connectivity index (χ1) is 17.8. The van der Waals surface area contributed by atoms with Gasteiger partial charge in [-0.2, -0.15) is 4.37 Å². The van der Waals surface area contributed by atoms with Gasteiger partial charge in [0.2, 0.25) is 16.9 Å². The summed E-state index contributed by atoms with van der Waals surface area (Å²) in [5, 5.41) is 3.36. The molecule has 0 saturated heterocycles. The first-order valence-electron chi connectivity index (χ1n) is 12.0. The van der Waals surface area contributed by atoms with Crippen LogP contribution in [-0.2, 0) is 4.79 Å². The lowest BCUT2D eigenvalue weighted by molar-refractivity contribution is -0.124. The maximum Gasteiger partial charge on any atom is 0.253 e. The second-order valence-electron chi connectivity index (χ2n) is 9.48. The first kappa shape index (κ1) is 24.6. The molecule has 2 aromatic carbocycles. The van der Waals surface area contributed by atoms with Crippen molar-refractivity contribution in [1.29, 1.82) is 0 Å². The van der Waals surface area contributed by atoms with E-state index in [1.165, 1.54) is 6.33 Å². The highest BCUT2D eigenvalue weighted by atomic mass is 32.1. The molecule has 3 heterocycles. The van der Waals surface area contributed by atoms with Crippen molar-refractivity contribution in [3.63, 3.8) is 0 Å². The van der Waals surface area contributed by atoms with Crippen LogP contribution in [0.4, 0.5) is 5.13 Å². The van der Waals surface area contributed by atoms with E-state index in [9.17, 15) is 9.59 Å². The molecule has 9 heteroatoms. The summed E-state index contributed by atoms with van der Waals surface area (Å²) >= 11 is 1.14. The Bertz CT molecular complexity index is 1450. The summed E-state index contributed by atoms with van der Waals surface area (Å²) in [4.78, 5) is 36.5. The van der Waals surface area contributed by atoms with Gasteiger partial charge in [-0.1, -0.05) is 50.2 Å². The highest BCUT2D eigenvalue weighted by molar-refractivity contribution is 7.09. The predicted molar refractivity (Wildman–Crippen MR) is 143 cm³/mol. The quantitative estimate of drug-likeness (QED) is 0.361. The van der Waals surface area contributed by atoms with Gasteiger partial charge in [-0.05, 0) is 31.2 Å². The molecule has 2 amide bonds. The number of benzene rings is 2. The topological polar surface area (TPSA) is 97.3 Å². The van der Waals surface area contributed by atoms with Crippen LogP contribution in [0.2, 0.25) is 0 Å².